The lowest BCUT2D eigenvalue weighted by molar-refractivity contribution is 0.146. The van der Waals surface area contributed by atoms with E-state index in [-0.39, 0.29) is 25.3 Å². The Balaban J connectivity index is 2.33. The zero-order valence-corrected chi connectivity index (χ0v) is 13.9. The Bertz CT molecular complexity index is 720. The Morgan fingerprint density at radius 2 is 2.09 bits per heavy atom. The van der Waals surface area contributed by atoms with Crippen LogP contribution >= 0.6 is 15.9 Å². The Morgan fingerprint density at radius 1 is 1.30 bits per heavy atom. The standard InChI is InChI=1S/C13H15BrF2N4O3/c1-22-5-6-23-12-8-11(10(16)7-9(12)14)20-13(21)19(17-18-20)4-2-3-15/h7-8H,2-6H2,1H3. The lowest BCUT2D eigenvalue weighted by atomic mass is 10.3. The zero-order chi connectivity index (χ0) is 16.8. The normalized spacial score (nSPS) is 11.0. The summed E-state index contributed by atoms with van der Waals surface area (Å²) >= 11 is 3.19. The van der Waals surface area contributed by atoms with Gasteiger partial charge in [0.2, 0.25) is 0 Å². The smallest absolute Gasteiger partial charge is 0.368 e. The van der Waals surface area contributed by atoms with Gasteiger partial charge in [-0.1, -0.05) is 0 Å². The number of aromatic nitrogens is 4. The minimum atomic E-state index is -0.671. The van der Waals surface area contributed by atoms with Gasteiger partial charge in [0.25, 0.3) is 0 Å². The molecular weight excluding hydrogens is 378 g/mol. The van der Waals surface area contributed by atoms with Crippen LogP contribution in [0.15, 0.2) is 21.4 Å². The van der Waals surface area contributed by atoms with Crippen molar-refractivity contribution >= 4 is 15.9 Å². The molecule has 0 amide bonds. The van der Waals surface area contributed by atoms with Gasteiger partial charge in [0, 0.05) is 13.2 Å². The van der Waals surface area contributed by atoms with E-state index in [1.807, 2.05) is 0 Å². The molecule has 126 valence electrons. The maximum atomic E-state index is 14.1. The van der Waals surface area contributed by atoms with Gasteiger partial charge in [0.05, 0.1) is 24.3 Å². The van der Waals surface area contributed by atoms with Crippen molar-refractivity contribution in [3.8, 4) is 11.4 Å². The van der Waals surface area contributed by atoms with Gasteiger partial charge < -0.3 is 9.47 Å². The van der Waals surface area contributed by atoms with Crippen LogP contribution in [0.3, 0.4) is 0 Å². The van der Waals surface area contributed by atoms with E-state index in [1.54, 1.807) is 0 Å². The third kappa shape index (κ3) is 4.14. The van der Waals surface area contributed by atoms with Crippen molar-refractivity contribution < 1.29 is 18.3 Å². The van der Waals surface area contributed by atoms with Gasteiger partial charge >= 0.3 is 5.69 Å². The number of alkyl halides is 1. The number of aryl methyl sites for hydroxylation is 1. The summed E-state index contributed by atoms with van der Waals surface area (Å²) in [7, 11) is 1.53. The van der Waals surface area contributed by atoms with Gasteiger partial charge in [0.1, 0.15) is 18.0 Å². The van der Waals surface area contributed by atoms with Gasteiger partial charge in [-0.15, -0.1) is 0 Å². The minimum Gasteiger partial charge on any atom is -0.490 e. The molecule has 2 rings (SSSR count). The van der Waals surface area contributed by atoms with Crippen LogP contribution < -0.4 is 10.4 Å². The summed E-state index contributed by atoms with van der Waals surface area (Å²) in [5.41, 5.74) is -0.750. The summed E-state index contributed by atoms with van der Waals surface area (Å²) in [6.45, 7) is 0.116. The van der Waals surface area contributed by atoms with Crippen LogP contribution in [0, 0.1) is 5.82 Å². The summed E-state index contributed by atoms with van der Waals surface area (Å²) in [6.07, 6.45) is 0.132. The molecule has 2 aromatic rings. The average molecular weight is 393 g/mol. The molecule has 1 aromatic carbocycles. The Labute approximate surface area is 138 Å². The summed E-state index contributed by atoms with van der Waals surface area (Å²) in [5, 5.41) is 7.24. The number of hydrogen-bond acceptors (Lipinski definition) is 5. The molecular formula is C13H15BrF2N4O3. The van der Waals surface area contributed by atoms with E-state index in [9.17, 15) is 13.6 Å². The van der Waals surface area contributed by atoms with Crippen molar-refractivity contribution in [1.82, 2.24) is 19.8 Å². The van der Waals surface area contributed by atoms with Gasteiger partial charge in [-0.3, -0.25) is 4.39 Å². The van der Waals surface area contributed by atoms with E-state index >= 15 is 0 Å². The molecule has 0 saturated heterocycles. The largest absolute Gasteiger partial charge is 0.490 e. The number of benzene rings is 1. The van der Waals surface area contributed by atoms with Crippen molar-refractivity contribution in [3.63, 3.8) is 0 Å². The molecule has 7 nitrogen and oxygen atoms in total. The molecule has 0 N–H and O–H groups in total. The highest BCUT2D eigenvalue weighted by molar-refractivity contribution is 9.10. The lowest BCUT2D eigenvalue weighted by Crippen LogP contribution is -2.25. The topological polar surface area (TPSA) is 71.2 Å². The van der Waals surface area contributed by atoms with Crippen molar-refractivity contribution in [1.29, 1.82) is 0 Å². The van der Waals surface area contributed by atoms with E-state index in [0.29, 0.717) is 16.8 Å². The molecule has 23 heavy (non-hydrogen) atoms. The fourth-order valence-electron chi connectivity index (χ4n) is 1.80. The third-order valence-electron chi connectivity index (χ3n) is 2.92. The number of halogens is 3. The van der Waals surface area contributed by atoms with Gasteiger partial charge in [-0.2, -0.15) is 9.36 Å². The first kappa shape index (κ1) is 17.5. The fourth-order valence-corrected chi connectivity index (χ4v) is 2.23. The van der Waals surface area contributed by atoms with Crippen LogP contribution in [0.1, 0.15) is 6.42 Å². The van der Waals surface area contributed by atoms with Gasteiger partial charge in [-0.25, -0.2) is 9.18 Å². The third-order valence-corrected chi connectivity index (χ3v) is 3.54. The molecule has 0 aliphatic heterocycles. The van der Waals surface area contributed by atoms with Crippen LogP contribution in [-0.4, -0.2) is 46.8 Å². The highest BCUT2D eigenvalue weighted by Gasteiger charge is 2.16. The molecule has 0 aliphatic carbocycles. The Hall–Kier alpha value is -1.81. The number of rotatable bonds is 8. The Morgan fingerprint density at radius 3 is 2.78 bits per heavy atom. The molecule has 0 spiro atoms. The van der Waals surface area contributed by atoms with Crippen molar-refractivity contribution in [3.05, 3.63) is 32.9 Å². The molecule has 0 unspecified atom stereocenters. The first-order chi connectivity index (χ1) is 11.1. The monoisotopic (exact) mass is 392 g/mol. The predicted octanol–water partition coefficient (Wildman–Crippen LogP) is 1.72. The average Bonchev–Trinajstić information content (AvgIpc) is 2.88. The van der Waals surface area contributed by atoms with E-state index in [0.717, 1.165) is 9.36 Å². The molecule has 0 aliphatic rings. The molecule has 1 heterocycles. The van der Waals surface area contributed by atoms with Gasteiger partial charge in [0.15, 0.2) is 5.82 Å². The minimum absolute atomic E-state index is 0.0741. The zero-order valence-electron chi connectivity index (χ0n) is 12.3. The summed E-state index contributed by atoms with van der Waals surface area (Å²) in [6, 6.07) is 2.51. The van der Waals surface area contributed by atoms with E-state index in [1.165, 1.54) is 19.2 Å². The quantitative estimate of drug-likeness (QED) is 0.639. The number of hydrogen-bond donors (Lipinski definition) is 0. The van der Waals surface area contributed by atoms with Crippen molar-refractivity contribution in [2.45, 2.75) is 13.0 Å². The molecule has 0 fully saturated rings. The number of ether oxygens (including phenoxy) is 2. The maximum Gasteiger partial charge on any atom is 0.368 e. The highest BCUT2D eigenvalue weighted by atomic mass is 79.9. The van der Waals surface area contributed by atoms with E-state index in [2.05, 4.69) is 26.4 Å². The maximum absolute atomic E-state index is 14.1. The van der Waals surface area contributed by atoms with Crippen molar-refractivity contribution in [2.24, 2.45) is 0 Å². The second kappa shape index (κ2) is 8.16. The first-order valence-electron chi connectivity index (χ1n) is 6.78. The highest BCUT2D eigenvalue weighted by Crippen LogP contribution is 2.29. The van der Waals surface area contributed by atoms with Crippen LogP contribution in [0.4, 0.5) is 8.78 Å². The number of nitrogens with zero attached hydrogens (tertiary/aromatic N) is 4. The molecule has 0 saturated carbocycles. The lowest BCUT2D eigenvalue weighted by Gasteiger charge is -2.10. The van der Waals surface area contributed by atoms with E-state index < -0.39 is 18.2 Å². The van der Waals surface area contributed by atoms with Crippen molar-refractivity contribution in [2.75, 3.05) is 27.0 Å². The van der Waals surface area contributed by atoms with Crippen LogP contribution in [0.2, 0.25) is 0 Å². The first-order valence-corrected chi connectivity index (χ1v) is 7.57. The number of tetrazole rings is 1. The predicted molar refractivity (Wildman–Crippen MR) is 81.2 cm³/mol. The van der Waals surface area contributed by atoms with Gasteiger partial charge in [-0.05, 0) is 38.8 Å². The SMILES string of the molecule is COCCOc1cc(-n2nnn(CCCF)c2=O)c(F)cc1Br. The molecule has 0 radical (unpaired) electrons. The summed E-state index contributed by atoms with van der Waals surface area (Å²) in [5.74, 6) is -0.334. The number of methoxy groups -OCH3 is 1. The second-order valence-corrected chi connectivity index (χ2v) is 5.37. The second-order valence-electron chi connectivity index (χ2n) is 4.51. The molecule has 0 bridgehead atoms. The van der Waals surface area contributed by atoms with Crippen LogP contribution in [0.25, 0.3) is 5.69 Å². The molecule has 1 aromatic heterocycles. The van der Waals surface area contributed by atoms with Crippen LogP contribution in [-0.2, 0) is 11.3 Å². The Kier molecular flexibility index (Phi) is 6.22. The molecule has 0 atom stereocenters. The summed E-state index contributed by atoms with van der Waals surface area (Å²) in [4.78, 5) is 12.1. The fraction of sp³-hybridized carbons (Fsp3) is 0.462. The molecule has 10 heteroatoms. The summed E-state index contributed by atoms with van der Waals surface area (Å²) < 4.78 is 38.8. The van der Waals surface area contributed by atoms with Crippen LogP contribution in [0.5, 0.6) is 5.75 Å². The van der Waals surface area contributed by atoms with E-state index in [4.69, 9.17) is 9.47 Å².